The Bertz CT molecular complexity index is 240. The molecular formula is C13H28ClN3O. The lowest BCUT2D eigenvalue weighted by Gasteiger charge is -2.30. The van der Waals surface area contributed by atoms with Crippen molar-refractivity contribution in [3.63, 3.8) is 0 Å². The number of halogens is 1. The monoisotopic (exact) mass is 277 g/mol. The first kappa shape index (κ1) is 17.7. The van der Waals surface area contributed by atoms with Crippen LogP contribution in [0.5, 0.6) is 0 Å². The van der Waals surface area contributed by atoms with Crippen LogP contribution in [-0.4, -0.2) is 43.0 Å². The van der Waals surface area contributed by atoms with Crippen molar-refractivity contribution < 1.29 is 4.79 Å². The number of likely N-dealkylation sites (tertiary alicyclic amines) is 1. The Kier molecular flexibility index (Phi) is 8.57. The van der Waals surface area contributed by atoms with Crippen LogP contribution in [-0.2, 0) is 4.79 Å². The van der Waals surface area contributed by atoms with Crippen molar-refractivity contribution in [1.29, 1.82) is 0 Å². The smallest absolute Gasteiger partial charge is 0.237 e. The van der Waals surface area contributed by atoms with Crippen LogP contribution in [0.15, 0.2) is 0 Å². The van der Waals surface area contributed by atoms with Crippen LogP contribution in [0.1, 0.15) is 33.6 Å². The normalized spacial score (nSPS) is 19.4. The summed E-state index contributed by atoms with van der Waals surface area (Å²) < 4.78 is 0. The second-order valence-corrected chi connectivity index (χ2v) is 5.58. The predicted octanol–water partition coefficient (Wildman–Crippen LogP) is 1.24. The molecule has 0 unspecified atom stereocenters. The van der Waals surface area contributed by atoms with Gasteiger partial charge >= 0.3 is 0 Å². The second-order valence-electron chi connectivity index (χ2n) is 5.58. The lowest BCUT2D eigenvalue weighted by molar-refractivity contribution is -0.123. The first-order chi connectivity index (χ1) is 8.00. The van der Waals surface area contributed by atoms with E-state index in [1.807, 2.05) is 13.8 Å². The predicted molar refractivity (Wildman–Crippen MR) is 77.9 cm³/mol. The summed E-state index contributed by atoms with van der Waals surface area (Å²) in [6.45, 7) is 10.2. The summed E-state index contributed by atoms with van der Waals surface area (Å²) in [6.07, 6.45) is 2.55. The Morgan fingerprint density at radius 1 is 1.39 bits per heavy atom. The Morgan fingerprint density at radius 2 is 1.94 bits per heavy atom. The zero-order chi connectivity index (χ0) is 12.8. The fraction of sp³-hybridized carbons (Fsp3) is 0.923. The molecule has 0 saturated carbocycles. The van der Waals surface area contributed by atoms with E-state index in [0.29, 0.717) is 6.54 Å². The fourth-order valence-corrected chi connectivity index (χ4v) is 2.04. The number of carbonyl (C=O) groups is 1. The molecule has 108 valence electrons. The number of rotatable bonds is 5. The van der Waals surface area contributed by atoms with Gasteiger partial charge in [-0.1, -0.05) is 20.8 Å². The summed E-state index contributed by atoms with van der Waals surface area (Å²) in [7, 11) is 0. The molecule has 0 radical (unpaired) electrons. The number of nitrogens with two attached hydrogens (primary N) is 1. The van der Waals surface area contributed by atoms with Crippen molar-refractivity contribution in [2.24, 2.45) is 17.6 Å². The van der Waals surface area contributed by atoms with Gasteiger partial charge in [0.15, 0.2) is 0 Å². The quantitative estimate of drug-likeness (QED) is 0.795. The van der Waals surface area contributed by atoms with Crippen molar-refractivity contribution >= 4 is 18.3 Å². The van der Waals surface area contributed by atoms with Gasteiger partial charge in [0.25, 0.3) is 0 Å². The summed E-state index contributed by atoms with van der Waals surface area (Å²) in [5, 5.41) is 2.92. The lowest BCUT2D eigenvalue weighted by Crippen LogP contribution is -2.46. The highest BCUT2D eigenvalue weighted by molar-refractivity contribution is 5.85. The molecule has 5 heteroatoms. The summed E-state index contributed by atoms with van der Waals surface area (Å²) in [5.41, 5.74) is 5.77. The first-order valence-corrected chi connectivity index (χ1v) is 6.76. The molecule has 1 aliphatic rings. The molecular weight excluding hydrogens is 250 g/mol. The van der Waals surface area contributed by atoms with Gasteiger partial charge in [-0.15, -0.1) is 12.4 Å². The van der Waals surface area contributed by atoms with Gasteiger partial charge in [-0.05, 0) is 37.8 Å². The van der Waals surface area contributed by atoms with Crippen LogP contribution in [0.2, 0.25) is 0 Å². The molecule has 1 saturated heterocycles. The molecule has 0 spiro atoms. The van der Waals surface area contributed by atoms with Gasteiger partial charge in [0.2, 0.25) is 5.91 Å². The van der Waals surface area contributed by atoms with Crippen LogP contribution in [0.3, 0.4) is 0 Å². The SMILES string of the molecule is CC1CCN(CCNC(=O)[C@@H](N)C(C)C)CC1.Cl. The molecule has 1 fully saturated rings. The molecule has 1 atom stereocenters. The Hall–Kier alpha value is -0.320. The van der Waals surface area contributed by atoms with Gasteiger partial charge in [-0.2, -0.15) is 0 Å². The molecule has 1 rings (SSSR count). The topological polar surface area (TPSA) is 58.4 Å². The van der Waals surface area contributed by atoms with Gasteiger partial charge in [-0.25, -0.2) is 0 Å². The van der Waals surface area contributed by atoms with Crippen LogP contribution >= 0.6 is 12.4 Å². The van der Waals surface area contributed by atoms with E-state index in [4.69, 9.17) is 5.73 Å². The zero-order valence-corrected chi connectivity index (χ0v) is 12.6. The van der Waals surface area contributed by atoms with Gasteiger partial charge in [0.1, 0.15) is 0 Å². The highest BCUT2D eigenvalue weighted by Crippen LogP contribution is 2.15. The van der Waals surface area contributed by atoms with Crippen LogP contribution in [0.4, 0.5) is 0 Å². The number of nitrogens with zero attached hydrogens (tertiary/aromatic N) is 1. The standard InChI is InChI=1S/C13H27N3O.ClH/c1-10(2)12(14)13(17)15-6-9-16-7-4-11(3)5-8-16;/h10-12H,4-9,14H2,1-3H3,(H,15,17);1H/t12-;/m0./s1. The van der Waals surface area contributed by atoms with Gasteiger partial charge in [0, 0.05) is 13.1 Å². The maximum absolute atomic E-state index is 11.6. The van der Waals surface area contributed by atoms with Crippen LogP contribution in [0.25, 0.3) is 0 Å². The van der Waals surface area contributed by atoms with Crippen LogP contribution < -0.4 is 11.1 Å². The van der Waals surface area contributed by atoms with Crippen molar-refractivity contribution in [3.05, 3.63) is 0 Å². The number of carbonyl (C=O) groups excluding carboxylic acids is 1. The molecule has 1 amide bonds. The molecule has 18 heavy (non-hydrogen) atoms. The van der Waals surface area contributed by atoms with Crippen molar-refractivity contribution in [3.8, 4) is 0 Å². The highest BCUT2D eigenvalue weighted by Gasteiger charge is 2.18. The fourth-order valence-electron chi connectivity index (χ4n) is 2.04. The van der Waals surface area contributed by atoms with Gasteiger partial charge in [-0.3, -0.25) is 4.79 Å². The van der Waals surface area contributed by atoms with E-state index in [1.165, 1.54) is 12.8 Å². The molecule has 1 heterocycles. The molecule has 0 aliphatic carbocycles. The van der Waals surface area contributed by atoms with E-state index < -0.39 is 0 Å². The highest BCUT2D eigenvalue weighted by atomic mass is 35.5. The van der Waals surface area contributed by atoms with E-state index in [0.717, 1.165) is 25.6 Å². The maximum Gasteiger partial charge on any atom is 0.237 e. The Morgan fingerprint density at radius 3 is 2.44 bits per heavy atom. The largest absolute Gasteiger partial charge is 0.353 e. The number of hydrogen-bond acceptors (Lipinski definition) is 3. The number of piperidine rings is 1. The molecule has 4 nitrogen and oxygen atoms in total. The van der Waals surface area contributed by atoms with Crippen molar-refractivity contribution in [2.75, 3.05) is 26.2 Å². The van der Waals surface area contributed by atoms with Gasteiger partial charge < -0.3 is 16.0 Å². The van der Waals surface area contributed by atoms with E-state index in [9.17, 15) is 4.79 Å². The summed E-state index contributed by atoms with van der Waals surface area (Å²) in [6, 6.07) is -0.378. The number of amides is 1. The number of nitrogens with one attached hydrogen (secondary N) is 1. The zero-order valence-electron chi connectivity index (χ0n) is 11.8. The first-order valence-electron chi connectivity index (χ1n) is 6.76. The van der Waals surface area contributed by atoms with Gasteiger partial charge in [0.05, 0.1) is 6.04 Å². The molecule has 1 aliphatic heterocycles. The third-order valence-electron chi connectivity index (χ3n) is 3.62. The lowest BCUT2D eigenvalue weighted by atomic mass is 9.99. The van der Waals surface area contributed by atoms with E-state index >= 15 is 0 Å². The van der Waals surface area contributed by atoms with E-state index in [-0.39, 0.29) is 30.3 Å². The molecule has 0 aromatic rings. The molecule has 0 bridgehead atoms. The minimum atomic E-state index is -0.378. The minimum absolute atomic E-state index is 0. The summed E-state index contributed by atoms with van der Waals surface area (Å²) in [5.74, 6) is 1.03. The summed E-state index contributed by atoms with van der Waals surface area (Å²) >= 11 is 0. The van der Waals surface area contributed by atoms with Crippen molar-refractivity contribution in [2.45, 2.75) is 39.7 Å². The summed E-state index contributed by atoms with van der Waals surface area (Å²) in [4.78, 5) is 14.0. The molecule has 0 aromatic carbocycles. The van der Waals surface area contributed by atoms with E-state index in [1.54, 1.807) is 0 Å². The third kappa shape index (κ3) is 6.03. The van der Waals surface area contributed by atoms with E-state index in [2.05, 4.69) is 17.1 Å². The molecule has 3 N–H and O–H groups in total. The third-order valence-corrected chi connectivity index (χ3v) is 3.62. The second kappa shape index (κ2) is 8.73. The average molecular weight is 278 g/mol. The number of hydrogen-bond donors (Lipinski definition) is 2. The maximum atomic E-state index is 11.6. The minimum Gasteiger partial charge on any atom is -0.353 e. The molecule has 0 aromatic heterocycles. The van der Waals surface area contributed by atoms with Crippen molar-refractivity contribution in [1.82, 2.24) is 10.2 Å². The average Bonchev–Trinajstić information content (AvgIpc) is 2.30. The Labute approximate surface area is 117 Å². The Balaban J connectivity index is 0.00000289. The van der Waals surface area contributed by atoms with Crippen LogP contribution in [0, 0.1) is 11.8 Å².